The molecule has 8 nitrogen and oxygen atoms in total. The highest BCUT2D eigenvalue weighted by atomic mass is 35.5. The van der Waals surface area contributed by atoms with Crippen LogP contribution in [0.1, 0.15) is 41.5 Å². The molecule has 0 aliphatic carbocycles. The van der Waals surface area contributed by atoms with Gasteiger partial charge in [-0.05, 0) is 25.0 Å². The molecule has 2 aromatic carbocycles. The highest BCUT2D eigenvalue weighted by molar-refractivity contribution is 6.32. The number of carbonyl (C=O) groups excluding carboxylic acids is 3. The fourth-order valence-corrected chi connectivity index (χ4v) is 2.84. The van der Waals surface area contributed by atoms with Crippen LogP contribution >= 0.6 is 11.6 Å². The van der Waals surface area contributed by atoms with Crippen molar-refractivity contribution in [2.75, 3.05) is 0 Å². The van der Waals surface area contributed by atoms with Crippen LogP contribution in [0.5, 0.6) is 0 Å². The number of benzene rings is 2. The van der Waals surface area contributed by atoms with Crippen LogP contribution in [0.3, 0.4) is 0 Å². The maximum absolute atomic E-state index is 12.6. The van der Waals surface area contributed by atoms with E-state index < -0.39 is 34.6 Å². The molecular formula is C21H21ClN2O6. The quantitative estimate of drug-likeness (QED) is 0.293. The van der Waals surface area contributed by atoms with E-state index in [0.29, 0.717) is 5.56 Å². The molecule has 2 atom stereocenters. The minimum Gasteiger partial charge on any atom is -0.453 e. The zero-order chi connectivity index (χ0) is 22.4. The average molecular weight is 433 g/mol. The monoisotopic (exact) mass is 432 g/mol. The summed E-state index contributed by atoms with van der Waals surface area (Å²) in [7, 11) is 0. The molecule has 0 radical (unpaired) electrons. The highest BCUT2D eigenvalue weighted by Gasteiger charge is 2.30. The van der Waals surface area contributed by atoms with Gasteiger partial charge in [0.15, 0.2) is 6.10 Å². The second kappa shape index (κ2) is 9.98. The van der Waals surface area contributed by atoms with Gasteiger partial charge in [-0.15, -0.1) is 0 Å². The van der Waals surface area contributed by atoms with Gasteiger partial charge < -0.3 is 10.1 Å². The number of ketones is 1. The average Bonchev–Trinajstić information content (AvgIpc) is 2.71. The third kappa shape index (κ3) is 5.64. The molecule has 30 heavy (non-hydrogen) atoms. The summed E-state index contributed by atoms with van der Waals surface area (Å²) in [5.74, 6) is -2.21. The molecule has 0 fully saturated rings. The SMILES string of the molecule is CC(OC(=O)[C@@H](NC(=O)c1ccc(Cl)c([N+](=O)[O-])c1)C(C)C)C(=O)c1ccccc1. The van der Waals surface area contributed by atoms with Crippen LogP contribution in [0.25, 0.3) is 0 Å². The second-order valence-electron chi connectivity index (χ2n) is 6.93. The summed E-state index contributed by atoms with van der Waals surface area (Å²) >= 11 is 5.76. The summed E-state index contributed by atoms with van der Waals surface area (Å²) in [6.07, 6.45) is -1.05. The Kier molecular flexibility index (Phi) is 7.66. The molecular weight excluding hydrogens is 412 g/mol. The van der Waals surface area contributed by atoms with Crippen molar-refractivity contribution in [1.29, 1.82) is 0 Å². The van der Waals surface area contributed by atoms with Gasteiger partial charge in [0.05, 0.1) is 4.92 Å². The lowest BCUT2D eigenvalue weighted by atomic mass is 10.0. The van der Waals surface area contributed by atoms with Gasteiger partial charge in [0.25, 0.3) is 11.6 Å². The predicted molar refractivity (Wildman–Crippen MR) is 111 cm³/mol. The minimum atomic E-state index is -1.06. The number of Topliss-reactive ketones (excluding diaryl/α,β-unsaturated/α-hetero) is 1. The number of hydrogen-bond acceptors (Lipinski definition) is 6. The molecule has 0 bridgehead atoms. The molecule has 0 spiro atoms. The third-order valence-electron chi connectivity index (χ3n) is 4.33. The fourth-order valence-electron chi connectivity index (χ4n) is 2.65. The second-order valence-corrected chi connectivity index (χ2v) is 7.34. The Bertz CT molecular complexity index is 961. The molecule has 1 unspecified atom stereocenters. The zero-order valence-corrected chi connectivity index (χ0v) is 17.4. The van der Waals surface area contributed by atoms with E-state index in [9.17, 15) is 24.5 Å². The molecule has 2 rings (SSSR count). The Morgan fingerprint density at radius 1 is 1.03 bits per heavy atom. The Morgan fingerprint density at radius 2 is 1.67 bits per heavy atom. The first kappa shape index (κ1) is 23.0. The summed E-state index contributed by atoms with van der Waals surface area (Å²) in [5, 5.41) is 13.4. The molecule has 0 aliphatic heterocycles. The van der Waals surface area contributed by atoms with E-state index in [4.69, 9.17) is 16.3 Å². The number of hydrogen-bond donors (Lipinski definition) is 1. The van der Waals surface area contributed by atoms with Gasteiger partial charge in [0.1, 0.15) is 11.1 Å². The van der Waals surface area contributed by atoms with Crippen LogP contribution in [0.15, 0.2) is 48.5 Å². The van der Waals surface area contributed by atoms with Gasteiger partial charge in [0, 0.05) is 17.2 Å². The van der Waals surface area contributed by atoms with E-state index in [1.54, 1.807) is 44.2 Å². The van der Waals surface area contributed by atoms with Crippen molar-refractivity contribution < 1.29 is 24.0 Å². The Morgan fingerprint density at radius 3 is 2.23 bits per heavy atom. The Labute approximate surface area is 178 Å². The van der Waals surface area contributed by atoms with Gasteiger partial charge in [-0.1, -0.05) is 55.8 Å². The summed E-state index contributed by atoms with van der Waals surface area (Å²) in [6.45, 7) is 4.84. The van der Waals surface area contributed by atoms with Gasteiger partial charge in [-0.3, -0.25) is 19.7 Å². The first-order valence-electron chi connectivity index (χ1n) is 9.16. The van der Waals surface area contributed by atoms with Gasteiger partial charge in [-0.25, -0.2) is 4.79 Å². The van der Waals surface area contributed by atoms with Crippen molar-refractivity contribution >= 4 is 34.9 Å². The summed E-state index contributed by atoms with van der Waals surface area (Å²) < 4.78 is 5.28. The van der Waals surface area contributed by atoms with E-state index in [1.165, 1.54) is 19.1 Å². The number of ether oxygens (including phenoxy) is 1. The zero-order valence-electron chi connectivity index (χ0n) is 16.6. The van der Waals surface area contributed by atoms with E-state index in [1.807, 2.05) is 0 Å². The molecule has 0 saturated heterocycles. The van der Waals surface area contributed by atoms with Crippen molar-refractivity contribution in [3.05, 3.63) is 74.8 Å². The van der Waals surface area contributed by atoms with Gasteiger partial charge >= 0.3 is 5.97 Å². The maximum Gasteiger partial charge on any atom is 0.329 e. The van der Waals surface area contributed by atoms with Crippen LogP contribution < -0.4 is 5.32 Å². The third-order valence-corrected chi connectivity index (χ3v) is 4.65. The van der Waals surface area contributed by atoms with Crippen LogP contribution in [-0.2, 0) is 9.53 Å². The topological polar surface area (TPSA) is 116 Å². The van der Waals surface area contributed by atoms with E-state index in [-0.39, 0.29) is 22.3 Å². The van der Waals surface area contributed by atoms with Gasteiger partial charge in [0.2, 0.25) is 5.78 Å². The van der Waals surface area contributed by atoms with Crippen molar-refractivity contribution in [3.8, 4) is 0 Å². The first-order valence-corrected chi connectivity index (χ1v) is 9.54. The molecule has 0 aromatic heterocycles. The molecule has 1 amide bonds. The summed E-state index contributed by atoms with van der Waals surface area (Å²) in [5.41, 5.74) is -0.0514. The van der Waals surface area contributed by atoms with E-state index in [0.717, 1.165) is 6.07 Å². The van der Waals surface area contributed by atoms with Crippen LogP contribution in [0.2, 0.25) is 5.02 Å². The van der Waals surface area contributed by atoms with Crippen LogP contribution in [0, 0.1) is 16.0 Å². The lowest BCUT2D eigenvalue weighted by Gasteiger charge is -2.23. The maximum atomic E-state index is 12.6. The number of halogens is 1. The normalized spacial score (nSPS) is 12.7. The number of esters is 1. The number of nitrogens with one attached hydrogen (secondary N) is 1. The lowest BCUT2D eigenvalue weighted by molar-refractivity contribution is -0.384. The largest absolute Gasteiger partial charge is 0.453 e. The molecule has 0 saturated carbocycles. The number of nitro groups is 1. The number of nitrogens with zero attached hydrogens (tertiary/aromatic N) is 1. The standard InChI is InChI=1S/C21H21ClN2O6/c1-12(2)18(21(27)30-13(3)19(25)14-7-5-4-6-8-14)23-20(26)15-9-10-16(22)17(11-15)24(28)29/h4-13,18H,1-3H3,(H,23,26)/t13?,18-/m0/s1. The summed E-state index contributed by atoms with van der Waals surface area (Å²) in [6, 6.07) is 10.9. The molecule has 0 heterocycles. The number of amides is 1. The van der Waals surface area contributed by atoms with Crippen LogP contribution in [-0.4, -0.2) is 34.7 Å². The van der Waals surface area contributed by atoms with Crippen molar-refractivity contribution in [2.24, 2.45) is 5.92 Å². The van der Waals surface area contributed by atoms with E-state index >= 15 is 0 Å². The van der Waals surface area contributed by atoms with E-state index in [2.05, 4.69) is 5.32 Å². The summed E-state index contributed by atoms with van der Waals surface area (Å²) in [4.78, 5) is 47.9. The predicted octanol–water partition coefficient (Wildman–Crippen LogP) is 3.82. The molecule has 2 aromatic rings. The van der Waals surface area contributed by atoms with Crippen molar-refractivity contribution in [1.82, 2.24) is 5.32 Å². The van der Waals surface area contributed by atoms with Crippen LogP contribution in [0.4, 0.5) is 5.69 Å². The fraction of sp³-hybridized carbons (Fsp3) is 0.286. The minimum absolute atomic E-state index is 0.0297. The Hall–Kier alpha value is -3.26. The Balaban J connectivity index is 2.12. The number of carbonyl (C=O) groups is 3. The van der Waals surface area contributed by atoms with Crippen molar-refractivity contribution in [2.45, 2.75) is 32.9 Å². The lowest BCUT2D eigenvalue weighted by Crippen LogP contribution is -2.46. The molecule has 158 valence electrons. The van der Waals surface area contributed by atoms with Gasteiger partial charge in [-0.2, -0.15) is 0 Å². The molecule has 0 aliphatic rings. The highest BCUT2D eigenvalue weighted by Crippen LogP contribution is 2.25. The molecule has 1 N–H and O–H groups in total. The first-order chi connectivity index (χ1) is 14.1. The molecule has 9 heteroatoms. The number of rotatable bonds is 8. The smallest absolute Gasteiger partial charge is 0.329 e. The number of nitro benzene ring substituents is 1. The van der Waals surface area contributed by atoms with Crippen molar-refractivity contribution in [3.63, 3.8) is 0 Å².